The van der Waals surface area contributed by atoms with E-state index in [9.17, 15) is 13.2 Å². The summed E-state index contributed by atoms with van der Waals surface area (Å²) >= 11 is 8.95. The molecule has 0 heterocycles. The van der Waals surface area contributed by atoms with Gasteiger partial charge in [-0.25, -0.2) is 8.42 Å². The second-order valence-corrected chi connectivity index (χ2v) is 6.58. The van der Waals surface area contributed by atoms with Gasteiger partial charge >= 0.3 is 5.97 Å². The van der Waals surface area contributed by atoms with Gasteiger partial charge in [0.05, 0.1) is 10.7 Å². The minimum atomic E-state index is -4.01. The Balaban J connectivity index is 3.06. The monoisotopic (exact) mass is 341 g/mol. The van der Waals surface area contributed by atoms with Crippen LogP contribution in [0.1, 0.15) is 6.92 Å². The van der Waals surface area contributed by atoms with Crippen molar-refractivity contribution in [1.29, 1.82) is 0 Å². The fourth-order valence-corrected chi connectivity index (χ4v) is 2.45. The number of rotatable bonds is 4. The van der Waals surface area contributed by atoms with Gasteiger partial charge in [-0.1, -0.05) is 27.5 Å². The Morgan fingerprint density at radius 3 is 2.65 bits per heavy atom. The van der Waals surface area contributed by atoms with E-state index in [1.807, 2.05) is 0 Å². The summed E-state index contributed by atoms with van der Waals surface area (Å²) in [6.07, 6.45) is 0. The standard InChI is InChI=1S/C9H9BrClNO4S/c1-5(9(13)14)17(15,16)12-8-4-6(10)2-3-7(8)11/h2-5,12H,1H3,(H,13,14). The number of aliphatic carboxylic acids is 1. The van der Waals surface area contributed by atoms with Crippen molar-refractivity contribution < 1.29 is 18.3 Å². The van der Waals surface area contributed by atoms with E-state index < -0.39 is 21.2 Å². The largest absolute Gasteiger partial charge is 0.480 e. The lowest BCUT2D eigenvalue weighted by molar-refractivity contribution is -0.136. The summed E-state index contributed by atoms with van der Waals surface area (Å²) < 4.78 is 26.0. The molecule has 1 atom stereocenters. The Morgan fingerprint density at radius 1 is 1.53 bits per heavy atom. The second-order valence-electron chi connectivity index (χ2n) is 3.25. The zero-order chi connectivity index (χ0) is 13.2. The topological polar surface area (TPSA) is 83.5 Å². The third kappa shape index (κ3) is 3.58. The summed E-state index contributed by atoms with van der Waals surface area (Å²) in [4.78, 5) is 10.6. The number of sulfonamides is 1. The Morgan fingerprint density at radius 2 is 2.12 bits per heavy atom. The molecule has 0 saturated carbocycles. The van der Waals surface area contributed by atoms with Crippen molar-refractivity contribution in [2.24, 2.45) is 0 Å². The lowest BCUT2D eigenvalue weighted by Gasteiger charge is -2.12. The highest BCUT2D eigenvalue weighted by Crippen LogP contribution is 2.27. The first-order valence-electron chi connectivity index (χ1n) is 4.43. The van der Waals surface area contributed by atoms with Crippen LogP contribution in [0.5, 0.6) is 0 Å². The van der Waals surface area contributed by atoms with Crippen molar-refractivity contribution >= 4 is 49.2 Å². The SMILES string of the molecule is CC(C(=O)O)S(=O)(=O)Nc1cc(Br)ccc1Cl. The molecule has 0 fully saturated rings. The summed E-state index contributed by atoms with van der Waals surface area (Å²) in [6.45, 7) is 1.08. The van der Waals surface area contributed by atoms with Crippen LogP contribution in [0.3, 0.4) is 0 Å². The van der Waals surface area contributed by atoms with Gasteiger partial charge in [0.1, 0.15) is 0 Å². The van der Waals surface area contributed by atoms with Crippen molar-refractivity contribution in [2.75, 3.05) is 4.72 Å². The van der Waals surface area contributed by atoms with Crippen LogP contribution in [0.4, 0.5) is 5.69 Å². The number of benzene rings is 1. The molecule has 0 saturated heterocycles. The number of carboxylic acids is 1. The van der Waals surface area contributed by atoms with E-state index in [4.69, 9.17) is 16.7 Å². The molecule has 0 radical (unpaired) electrons. The van der Waals surface area contributed by atoms with Crippen LogP contribution < -0.4 is 4.72 Å². The van der Waals surface area contributed by atoms with Gasteiger partial charge in [-0.05, 0) is 25.1 Å². The molecule has 0 aromatic heterocycles. The molecule has 0 aliphatic rings. The van der Waals surface area contributed by atoms with Crippen LogP contribution in [-0.2, 0) is 14.8 Å². The van der Waals surface area contributed by atoms with E-state index in [1.165, 1.54) is 12.1 Å². The van der Waals surface area contributed by atoms with Crippen LogP contribution in [-0.4, -0.2) is 24.7 Å². The van der Waals surface area contributed by atoms with Crippen LogP contribution in [0, 0.1) is 0 Å². The Hall–Kier alpha value is -0.790. The smallest absolute Gasteiger partial charge is 0.323 e. The first-order chi connectivity index (χ1) is 7.74. The molecule has 0 spiro atoms. The molecule has 0 amide bonds. The zero-order valence-electron chi connectivity index (χ0n) is 8.65. The van der Waals surface area contributed by atoms with Gasteiger partial charge in [0, 0.05) is 4.47 Å². The van der Waals surface area contributed by atoms with Crippen molar-refractivity contribution in [3.8, 4) is 0 Å². The zero-order valence-corrected chi connectivity index (χ0v) is 11.8. The van der Waals surface area contributed by atoms with E-state index in [0.29, 0.717) is 4.47 Å². The average Bonchev–Trinajstić information content (AvgIpc) is 2.21. The molecule has 2 N–H and O–H groups in total. The van der Waals surface area contributed by atoms with E-state index in [1.54, 1.807) is 6.07 Å². The highest BCUT2D eigenvalue weighted by molar-refractivity contribution is 9.10. The van der Waals surface area contributed by atoms with E-state index >= 15 is 0 Å². The van der Waals surface area contributed by atoms with Crippen LogP contribution in [0.15, 0.2) is 22.7 Å². The average molecular weight is 343 g/mol. The summed E-state index contributed by atoms with van der Waals surface area (Å²) in [5, 5.41) is 7.29. The highest BCUT2D eigenvalue weighted by atomic mass is 79.9. The molecular formula is C9H9BrClNO4S. The normalized spacial score (nSPS) is 13.1. The third-order valence-electron chi connectivity index (χ3n) is 1.99. The lowest BCUT2D eigenvalue weighted by atomic mass is 10.3. The summed E-state index contributed by atoms with van der Waals surface area (Å²) in [5.41, 5.74) is 0.133. The van der Waals surface area contributed by atoms with Gasteiger partial charge in [-0.3, -0.25) is 9.52 Å². The minimum absolute atomic E-state index is 0.133. The maximum atomic E-state index is 11.6. The number of nitrogens with one attached hydrogen (secondary N) is 1. The molecule has 1 aromatic carbocycles. The second kappa shape index (κ2) is 5.24. The highest BCUT2D eigenvalue weighted by Gasteiger charge is 2.28. The number of carbonyl (C=O) groups is 1. The first kappa shape index (κ1) is 14.3. The van der Waals surface area contributed by atoms with Crippen molar-refractivity contribution in [1.82, 2.24) is 0 Å². The fourth-order valence-electron chi connectivity index (χ4n) is 0.950. The lowest BCUT2D eigenvalue weighted by Crippen LogP contribution is -2.32. The van der Waals surface area contributed by atoms with E-state index in [-0.39, 0.29) is 10.7 Å². The molecule has 17 heavy (non-hydrogen) atoms. The van der Waals surface area contributed by atoms with Gasteiger partial charge in [-0.2, -0.15) is 0 Å². The first-order valence-corrected chi connectivity index (χ1v) is 7.15. The third-order valence-corrected chi connectivity index (χ3v) is 4.45. The van der Waals surface area contributed by atoms with Gasteiger partial charge in [0.15, 0.2) is 5.25 Å². The Labute approximate surface area is 112 Å². The molecule has 94 valence electrons. The van der Waals surface area contributed by atoms with E-state index in [2.05, 4.69) is 20.7 Å². The Kier molecular flexibility index (Phi) is 4.40. The molecule has 1 aromatic rings. The van der Waals surface area contributed by atoms with Crippen LogP contribution >= 0.6 is 27.5 Å². The predicted molar refractivity (Wildman–Crippen MR) is 68.8 cm³/mol. The molecule has 8 heteroatoms. The molecule has 1 rings (SSSR count). The molecule has 0 aliphatic heterocycles. The van der Waals surface area contributed by atoms with Crippen LogP contribution in [0.25, 0.3) is 0 Å². The number of anilines is 1. The summed E-state index contributed by atoms with van der Waals surface area (Å²) in [7, 11) is -4.01. The molecular weight excluding hydrogens is 334 g/mol. The fraction of sp³-hybridized carbons (Fsp3) is 0.222. The van der Waals surface area contributed by atoms with Crippen molar-refractivity contribution in [3.05, 3.63) is 27.7 Å². The molecule has 5 nitrogen and oxygen atoms in total. The van der Waals surface area contributed by atoms with Gasteiger partial charge in [0.2, 0.25) is 10.0 Å². The van der Waals surface area contributed by atoms with Gasteiger partial charge in [-0.15, -0.1) is 0 Å². The number of hydrogen-bond acceptors (Lipinski definition) is 3. The number of hydrogen-bond donors (Lipinski definition) is 2. The maximum absolute atomic E-state index is 11.6. The number of halogens is 2. The van der Waals surface area contributed by atoms with Crippen molar-refractivity contribution in [2.45, 2.75) is 12.2 Å². The van der Waals surface area contributed by atoms with Crippen molar-refractivity contribution in [3.63, 3.8) is 0 Å². The maximum Gasteiger partial charge on any atom is 0.323 e. The summed E-state index contributed by atoms with van der Waals surface area (Å²) in [5.74, 6) is -1.43. The minimum Gasteiger partial charge on any atom is -0.480 e. The van der Waals surface area contributed by atoms with Gasteiger partial charge < -0.3 is 5.11 Å². The molecule has 0 bridgehead atoms. The van der Waals surface area contributed by atoms with E-state index in [0.717, 1.165) is 6.92 Å². The van der Waals surface area contributed by atoms with Crippen LogP contribution in [0.2, 0.25) is 5.02 Å². The Bertz CT molecular complexity index is 546. The summed E-state index contributed by atoms with van der Waals surface area (Å²) in [6, 6.07) is 4.59. The number of carboxylic acid groups (broad SMARTS) is 1. The predicted octanol–water partition coefficient (Wildman–Crippen LogP) is 2.32. The molecule has 1 unspecified atom stereocenters. The quantitative estimate of drug-likeness (QED) is 0.879. The molecule has 0 aliphatic carbocycles. The van der Waals surface area contributed by atoms with Gasteiger partial charge in [0.25, 0.3) is 0 Å².